The van der Waals surface area contributed by atoms with Crippen molar-refractivity contribution in [2.45, 2.75) is 33.6 Å². The summed E-state index contributed by atoms with van der Waals surface area (Å²) in [5.74, 6) is -0.409. The molecule has 0 spiro atoms. The van der Waals surface area contributed by atoms with Gasteiger partial charge in [-0.25, -0.2) is 4.79 Å². The van der Waals surface area contributed by atoms with Crippen molar-refractivity contribution in [3.63, 3.8) is 0 Å². The highest BCUT2D eigenvalue weighted by molar-refractivity contribution is 5.88. The topological polar surface area (TPSA) is 63.3 Å². The number of allylic oxidation sites excluding steroid dienone is 2. The van der Waals surface area contributed by atoms with E-state index >= 15 is 0 Å². The van der Waals surface area contributed by atoms with Gasteiger partial charge in [0.25, 0.3) is 0 Å². The van der Waals surface area contributed by atoms with E-state index in [4.69, 9.17) is 9.63 Å². The van der Waals surface area contributed by atoms with E-state index in [0.717, 1.165) is 18.4 Å². The molecular weight excluding hydrogens is 206 g/mol. The fourth-order valence-electron chi connectivity index (χ4n) is 2.07. The van der Waals surface area contributed by atoms with Crippen LogP contribution in [-0.2, 0) is 0 Å². The van der Waals surface area contributed by atoms with E-state index in [9.17, 15) is 4.79 Å². The van der Waals surface area contributed by atoms with Crippen molar-refractivity contribution in [3.8, 4) is 0 Å². The Hall–Kier alpha value is -1.58. The van der Waals surface area contributed by atoms with Gasteiger partial charge in [0.15, 0.2) is 11.5 Å². The molecule has 4 heteroatoms. The highest BCUT2D eigenvalue weighted by atomic mass is 16.5. The molecule has 1 aromatic rings. The van der Waals surface area contributed by atoms with Crippen molar-refractivity contribution in [1.82, 2.24) is 5.16 Å². The summed E-state index contributed by atoms with van der Waals surface area (Å²) < 4.78 is 5.13. The van der Waals surface area contributed by atoms with Crippen LogP contribution in [0.1, 0.15) is 48.5 Å². The summed E-state index contributed by atoms with van der Waals surface area (Å²) in [6, 6.07) is 0. The van der Waals surface area contributed by atoms with Crippen molar-refractivity contribution in [1.29, 1.82) is 0 Å². The van der Waals surface area contributed by atoms with E-state index in [-0.39, 0.29) is 11.1 Å². The second-order valence-corrected chi connectivity index (χ2v) is 5.06. The lowest BCUT2D eigenvalue weighted by molar-refractivity contribution is 0.0685. The van der Waals surface area contributed by atoms with E-state index in [0.29, 0.717) is 11.3 Å². The van der Waals surface area contributed by atoms with Crippen molar-refractivity contribution >= 4 is 11.5 Å². The molecule has 4 nitrogen and oxygen atoms in total. The molecule has 1 aliphatic carbocycles. The molecule has 0 aliphatic heterocycles. The third-order valence-corrected chi connectivity index (χ3v) is 2.99. The molecule has 0 saturated carbocycles. The minimum atomic E-state index is -1.04. The minimum Gasteiger partial charge on any atom is -0.476 e. The zero-order chi connectivity index (χ0) is 11.9. The SMILES string of the molecule is Cc1c(C(=O)O)noc1C1=CCC(C)(C)C1. The lowest BCUT2D eigenvalue weighted by atomic mass is 9.89. The van der Waals surface area contributed by atoms with Crippen LogP contribution < -0.4 is 0 Å². The van der Waals surface area contributed by atoms with Gasteiger partial charge in [0.1, 0.15) is 0 Å². The smallest absolute Gasteiger partial charge is 0.358 e. The normalized spacial score (nSPS) is 18.6. The maximum Gasteiger partial charge on any atom is 0.358 e. The molecule has 1 N–H and O–H groups in total. The van der Waals surface area contributed by atoms with Crippen LogP contribution >= 0.6 is 0 Å². The number of nitrogens with zero attached hydrogens (tertiary/aromatic N) is 1. The first-order valence-corrected chi connectivity index (χ1v) is 5.30. The number of rotatable bonds is 2. The van der Waals surface area contributed by atoms with E-state index < -0.39 is 5.97 Å². The Bertz CT molecular complexity index is 469. The van der Waals surface area contributed by atoms with Gasteiger partial charge in [0, 0.05) is 5.56 Å². The molecule has 0 aromatic carbocycles. The summed E-state index contributed by atoms with van der Waals surface area (Å²) in [6.07, 6.45) is 4.01. The largest absolute Gasteiger partial charge is 0.476 e. The molecule has 86 valence electrons. The van der Waals surface area contributed by atoms with Crippen LogP contribution in [0.4, 0.5) is 0 Å². The molecule has 0 fully saturated rings. The highest BCUT2D eigenvalue weighted by Gasteiger charge is 2.29. The maximum atomic E-state index is 10.8. The Morgan fingerprint density at radius 1 is 1.56 bits per heavy atom. The van der Waals surface area contributed by atoms with Crippen LogP contribution in [0.5, 0.6) is 0 Å². The molecule has 0 atom stereocenters. The first kappa shape index (κ1) is 10.9. The molecule has 0 bridgehead atoms. The molecule has 0 amide bonds. The summed E-state index contributed by atoms with van der Waals surface area (Å²) in [6.45, 7) is 6.10. The third-order valence-electron chi connectivity index (χ3n) is 2.99. The molecule has 1 aliphatic rings. The van der Waals surface area contributed by atoms with Crippen LogP contribution in [0, 0.1) is 12.3 Å². The molecule has 1 heterocycles. The van der Waals surface area contributed by atoms with E-state index in [1.54, 1.807) is 6.92 Å². The predicted molar refractivity (Wildman–Crippen MR) is 59.2 cm³/mol. The quantitative estimate of drug-likeness (QED) is 0.834. The van der Waals surface area contributed by atoms with Gasteiger partial charge in [-0.3, -0.25) is 0 Å². The average molecular weight is 221 g/mol. The summed E-state index contributed by atoms with van der Waals surface area (Å²) in [7, 11) is 0. The zero-order valence-corrected chi connectivity index (χ0v) is 9.70. The number of aromatic carboxylic acids is 1. The second kappa shape index (κ2) is 3.47. The van der Waals surface area contributed by atoms with Gasteiger partial charge in [0.05, 0.1) is 0 Å². The van der Waals surface area contributed by atoms with Crippen LogP contribution in [0.25, 0.3) is 5.57 Å². The monoisotopic (exact) mass is 221 g/mol. The third kappa shape index (κ3) is 1.75. The lowest BCUT2D eigenvalue weighted by Crippen LogP contribution is -2.04. The highest BCUT2D eigenvalue weighted by Crippen LogP contribution is 2.42. The Morgan fingerprint density at radius 2 is 2.25 bits per heavy atom. The van der Waals surface area contributed by atoms with Gasteiger partial charge in [-0.15, -0.1) is 0 Å². The number of carbonyl (C=O) groups is 1. The molecule has 0 unspecified atom stereocenters. The molecule has 1 aromatic heterocycles. The van der Waals surface area contributed by atoms with Crippen LogP contribution in [0.2, 0.25) is 0 Å². The predicted octanol–water partition coefficient (Wildman–Crippen LogP) is 2.88. The standard InChI is InChI=1S/C12H15NO3/c1-7-9(11(14)15)13-16-10(7)8-4-5-12(2,3)6-8/h4H,5-6H2,1-3H3,(H,14,15). The minimum absolute atomic E-state index is 0.0145. The van der Waals surface area contributed by atoms with Crippen LogP contribution in [0.15, 0.2) is 10.6 Å². The maximum absolute atomic E-state index is 10.8. The average Bonchev–Trinajstić information content (AvgIpc) is 2.69. The fourth-order valence-corrected chi connectivity index (χ4v) is 2.07. The lowest BCUT2D eigenvalue weighted by Gasteiger charge is -2.16. The first-order valence-electron chi connectivity index (χ1n) is 5.30. The molecule has 16 heavy (non-hydrogen) atoms. The van der Waals surface area contributed by atoms with Crippen molar-refractivity contribution < 1.29 is 14.4 Å². The van der Waals surface area contributed by atoms with Crippen molar-refractivity contribution in [2.24, 2.45) is 5.41 Å². The summed E-state index contributed by atoms with van der Waals surface area (Å²) in [5.41, 5.74) is 1.94. The number of hydrogen-bond acceptors (Lipinski definition) is 3. The van der Waals surface area contributed by atoms with Gasteiger partial charge in [0.2, 0.25) is 0 Å². The summed E-state index contributed by atoms with van der Waals surface area (Å²) in [4.78, 5) is 10.8. The van der Waals surface area contributed by atoms with E-state index in [2.05, 4.69) is 25.1 Å². The number of carboxylic acid groups (broad SMARTS) is 1. The number of aromatic nitrogens is 1. The van der Waals surface area contributed by atoms with Gasteiger partial charge in [-0.05, 0) is 30.8 Å². The Balaban J connectivity index is 2.33. The van der Waals surface area contributed by atoms with Crippen molar-refractivity contribution in [2.75, 3.05) is 0 Å². The summed E-state index contributed by atoms with van der Waals surface area (Å²) >= 11 is 0. The number of carboxylic acids is 1. The fraction of sp³-hybridized carbons (Fsp3) is 0.500. The Kier molecular flexibility index (Phi) is 2.37. The molecule has 0 radical (unpaired) electrons. The Morgan fingerprint density at radius 3 is 2.69 bits per heavy atom. The van der Waals surface area contributed by atoms with E-state index in [1.165, 1.54) is 0 Å². The second-order valence-electron chi connectivity index (χ2n) is 5.06. The van der Waals surface area contributed by atoms with Crippen molar-refractivity contribution in [3.05, 3.63) is 23.1 Å². The summed E-state index contributed by atoms with van der Waals surface area (Å²) in [5, 5.41) is 12.5. The van der Waals surface area contributed by atoms with E-state index in [1.807, 2.05) is 0 Å². The molecular formula is C12H15NO3. The van der Waals surface area contributed by atoms with Gasteiger partial charge in [-0.1, -0.05) is 25.1 Å². The van der Waals surface area contributed by atoms with Gasteiger partial charge < -0.3 is 9.63 Å². The van der Waals surface area contributed by atoms with Gasteiger partial charge in [-0.2, -0.15) is 0 Å². The van der Waals surface area contributed by atoms with Crippen LogP contribution in [0.3, 0.4) is 0 Å². The zero-order valence-electron chi connectivity index (χ0n) is 9.70. The van der Waals surface area contributed by atoms with Crippen LogP contribution in [-0.4, -0.2) is 16.2 Å². The Labute approximate surface area is 93.9 Å². The first-order chi connectivity index (χ1) is 7.41. The number of hydrogen-bond donors (Lipinski definition) is 1. The molecule has 2 rings (SSSR count). The van der Waals surface area contributed by atoms with Gasteiger partial charge >= 0.3 is 5.97 Å². The molecule has 0 saturated heterocycles.